The lowest BCUT2D eigenvalue weighted by Crippen LogP contribution is -2.36. The van der Waals surface area contributed by atoms with Crippen LogP contribution in [0.4, 0.5) is 0 Å². The first-order chi connectivity index (χ1) is 12.1. The number of hydrogen-bond acceptors (Lipinski definition) is 3. The molecule has 1 fully saturated rings. The zero-order valence-corrected chi connectivity index (χ0v) is 16.1. The molecule has 2 aromatic rings. The normalized spacial score (nSPS) is 15.1. The van der Waals surface area contributed by atoms with E-state index in [-0.39, 0.29) is 5.91 Å². The molecule has 3 nitrogen and oxygen atoms in total. The number of thioether (sulfide) groups is 1. The Kier molecular flexibility index (Phi) is 6.63. The molecule has 1 heterocycles. The van der Waals surface area contributed by atoms with Gasteiger partial charge in [-0.25, -0.2) is 0 Å². The molecule has 6 heteroatoms. The van der Waals surface area contributed by atoms with Gasteiger partial charge in [-0.3, -0.25) is 9.78 Å². The van der Waals surface area contributed by atoms with E-state index in [1.54, 1.807) is 24.2 Å². The Balaban J connectivity index is 1.63. The highest BCUT2D eigenvalue weighted by Gasteiger charge is 2.17. The van der Waals surface area contributed by atoms with Gasteiger partial charge in [0.1, 0.15) is 0 Å². The van der Waals surface area contributed by atoms with Gasteiger partial charge in [-0.15, -0.1) is 11.8 Å². The minimum Gasteiger partial charge on any atom is -0.349 e. The molecule has 1 aliphatic rings. The average molecular weight is 395 g/mol. The highest BCUT2D eigenvalue weighted by atomic mass is 35.5. The lowest BCUT2D eigenvalue weighted by atomic mass is 9.95. The topological polar surface area (TPSA) is 42.0 Å². The van der Waals surface area contributed by atoms with Crippen LogP contribution in [0.3, 0.4) is 0 Å². The van der Waals surface area contributed by atoms with Gasteiger partial charge in [-0.1, -0.05) is 48.5 Å². The van der Waals surface area contributed by atoms with Crippen molar-refractivity contribution in [1.82, 2.24) is 10.3 Å². The predicted octanol–water partition coefficient (Wildman–Crippen LogP) is 5.74. The Morgan fingerprint density at radius 1 is 1.16 bits per heavy atom. The maximum Gasteiger partial charge on any atom is 0.253 e. The fourth-order valence-electron chi connectivity index (χ4n) is 2.98. The Bertz CT molecular complexity index is 728. The first-order valence-corrected chi connectivity index (χ1v) is 10.2. The standard InChI is InChI=1S/C19H20Cl2N2OS/c20-16-7-4-8-17(21)18(16)25-12-13-9-14(11-22-10-13)19(24)23-15-5-2-1-3-6-15/h4,7-11,15H,1-3,5-6,12H2,(H,23,24). The van der Waals surface area contributed by atoms with Crippen LogP contribution < -0.4 is 5.32 Å². The van der Waals surface area contributed by atoms with Crippen molar-refractivity contribution in [3.05, 3.63) is 57.8 Å². The van der Waals surface area contributed by atoms with Gasteiger partial charge in [0.2, 0.25) is 0 Å². The molecule has 0 aliphatic heterocycles. The number of carbonyl (C=O) groups excluding carboxylic acids is 1. The van der Waals surface area contributed by atoms with E-state index in [2.05, 4.69) is 10.3 Å². The Hall–Kier alpha value is -1.23. The van der Waals surface area contributed by atoms with Crippen LogP contribution in [0.25, 0.3) is 0 Å². The molecule has 3 rings (SSSR count). The van der Waals surface area contributed by atoms with Crippen LogP contribution in [0.5, 0.6) is 0 Å². The second-order valence-corrected chi connectivity index (χ2v) is 8.03. The van der Waals surface area contributed by atoms with Crippen molar-refractivity contribution in [2.75, 3.05) is 0 Å². The SMILES string of the molecule is O=C(NC1CCCCC1)c1cncc(CSc2c(Cl)cccc2Cl)c1. The molecule has 0 radical (unpaired) electrons. The van der Waals surface area contributed by atoms with Crippen molar-refractivity contribution in [2.45, 2.75) is 48.8 Å². The van der Waals surface area contributed by atoms with Crippen LogP contribution in [-0.2, 0) is 5.75 Å². The van der Waals surface area contributed by atoms with E-state index in [1.807, 2.05) is 24.3 Å². The smallest absolute Gasteiger partial charge is 0.253 e. The van der Waals surface area contributed by atoms with Gasteiger partial charge in [0, 0.05) is 29.1 Å². The van der Waals surface area contributed by atoms with Gasteiger partial charge in [0.25, 0.3) is 5.91 Å². The number of nitrogens with zero attached hydrogens (tertiary/aromatic N) is 1. The number of rotatable bonds is 5. The molecule has 1 aliphatic carbocycles. The van der Waals surface area contributed by atoms with E-state index >= 15 is 0 Å². The molecule has 1 saturated carbocycles. The highest BCUT2D eigenvalue weighted by molar-refractivity contribution is 7.98. The van der Waals surface area contributed by atoms with E-state index in [9.17, 15) is 4.79 Å². The number of aromatic nitrogens is 1. The van der Waals surface area contributed by atoms with Crippen LogP contribution in [0.1, 0.15) is 48.0 Å². The molecule has 1 aromatic heterocycles. The third-order valence-electron chi connectivity index (χ3n) is 4.30. The summed E-state index contributed by atoms with van der Waals surface area (Å²) >= 11 is 13.9. The summed E-state index contributed by atoms with van der Waals surface area (Å²) in [4.78, 5) is 17.5. The Morgan fingerprint density at radius 2 is 1.88 bits per heavy atom. The molecule has 0 unspecified atom stereocenters. The summed E-state index contributed by atoms with van der Waals surface area (Å²) in [6.45, 7) is 0. The van der Waals surface area contributed by atoms with E-state index in [0.717, 1.165) is 23.3 Å². The second kappa shape index (κ2) is 8.93. The third-order valence-corrected chi connectivity index (χ3v) is 6.36. The molecular formula is C19H20Cl2N2OS. The largest absolute Gasteiger partial charge is 0.349 e. The van der Waals surface area contributed by atoms with Crippen LogP contribution in [-0.4, -0.2) is 16.9 Å². The van der Waals surface area contributed by atoms with Crippen molar-refractivity contribution in [3.63, 3.8) is 0 Å². The summed E-state index contributed by atoms with van der Waals surface area (Å²) in [5, 5.41) is 4.40. The van der Waals surface area contributed by atoms with Crippen molar-refractivity contribution in [1.29, 1.82) is 0 Å². The first-order valence-electron chi connectivity index (χ1n) is 8.45. The second-order valence-electron chi connectivity index (χ2n) is 6.23. The third kappa shape index (κ3) is 5.13. The summed E-state index contributed by atoms with van der Waals surface area (Å²) in [7, 11) is 0. The molecule has 1 N–H and O–H groups in total. The number of halogens is 2. The van der Waals surface area contributed by atoms with Gasteiger partial charge in [0.05, 0.1) is 15.6 Å². The van der Waals surface area contributed by atoms with E-state index in [1.165, 1.54) is 19.3 Å². The maximum atomic E-state index is 12.4. The quantitative estimate of drug-likeness (QED) is 0.656. The van der Waals surface area contributed by atoms with Gasteiger partial charge >= 0.3 is 0 Å². The maximum absolute atomic E-state index is 12.4. The summed E-state index contributed by atoms with van der Waals surface area (Å²) in [5.41, 5.74) is 1.58. The number of nitrogens with one attached hydrogen (secondary N) is 1. The zero-order valence-electron chi connectivity index (χ0n) is 13.8. The van der Waals surface area contributed by atoms with Gasteiger partial charge in [-0.05, 0) is 36.6 Å². The van der Waals surface area contributed by atoms with Crippen LogP contribution in [0, 0.1) is 0 Å². The van der Waals surface area contributed by atoms with Crippen molar-refractivity contribution >= 4 is 40.9 Å². The van der Waals surface area contributed by atoms with Gasteiger partial charge in [-0.2, -0.15) is 0 Å². The Morgan fingerprint density at radius 3 is 2.60 bits per heavy atom. The molecule has 0 spiro atoms. The van der Waals surface area contributed by atoms with Gasteiger partial charge < -0.3 is 5.32 Å². The van der Waals surface area contributed by atoms with E-state index < -0.39 is 0 Å². The summed E-state index contributed by atoms with van der Waals surface area (Å²) in [6, 6.07) is 7.65. The zero-order chi connectivity index (χ0) is 17.6. The minimum atomic E-state index is -0.0398. The monoisotopic (exact) mass is 394 g/mol. The van der Waals surface area contributed by atoms with Crippen LogP contribution >= 0.6 is 35.0 Å². The summed E-state index contributed by atoms with van der Waals surface area (Å²) < 4.78 is 0. The lowest BCUT2D eigenvalue weighted by molar-refractivity contribution is 0.0927. The number of carbonyl (C=O) groups is 1. The van der Waals surface area contributed by atoms with Gasteiger partial charge in [0.15, 0.2) is 0 Å². The summed E-state index contributed by atoms with van der Waals surface area (Å²) in [5.74, 6) is 0.614. The fraction of sp³-hybridized carbons (Fsp3) is 0.368. The van der Waals surface area contributed by atoms with Crippen LogP contribution in [0.2, 0.25) is 10.0 Å². The first kappa shape index (κ1) is 18.6. The van der Waals surface area contributed by atoms with E-state index in [0.29, 0.717) is 27.4 Å². The number of hydrogen-bond donors (Lipinski definition) is 1. The predicted molar refractivity (Wildman–Crippen MR) is 105 cm³/mol. The molecule has 1 amide bonds. The molecule has 0 bridgehead atoms. The number of pyridine rings is 1. The van der Waals surface area contributed by atoms with Crippen molar-refractivity contribution in [2.24, 2.45) is 0 Å². The highest BCUT2D eigenvalue weighted by Crippen LogP contribution is 2.35. The Labute approximate surface area is 162 Å². The number of benzene rings is 1. The molecule has 0 saturated heterocycles. The number of amides is 1. The lowest BCUT2D eigenvalue weighted by Gasteiger charge is -2.22. The van der Waals surface area contributed by atoms with Crippen molar-refractivity contribution < 1.29 is 4.79 Å². The molecular weight excluding hydrogens is 375 g/mol. The molecule has 25 heavy (non-hydrogen) atoms. The molecule has 132 valence electrons. The fourth-order valence-corrected chi connectivity index (χ4v) is 4.59. The summed E-state index contributed by atoms with van der Waals surface area (Å²) in [6.07, 6.45) is 9.19. The minimum absolute atomic E-state index is 0.0398. The molecule has 0 atom stereocenters. The average Bonchev–Trinajstić information content (AvgIpc) is 2.62. The molecule has 1 aromatic carbocycles. The van der Waals surface area contributed by atoms with Crippen LogP contribution in [0.15, 0.2) is 41.6 Å². The van der Waals surface area contributed by atoms with Crippen molar-refractivity contribution in [3.8, 4) is 0 Å². The van der Waals surface area contributed by atoms with E-state index in [4.69, 9.17) is 23.2 Å².